The summed E-state index contributed by atoms with van der Waals surface area (Å²) in [6.07, 6.45) is 42.3. The molecule has 0 fully saturated rings. The Morgan fingerprint density at radius 1 is 0.735 bits per heavy atom. The van der Waals surface area contributed by atoms with E-state index in [-0.39, 0.29) is 18.9 Å². The standard InChI is InChI=1S/C40H69N2O6P/c1-6-8-10-12-14-16-17-18-19-20-21-22-23-24-25-26-28-30-32-34-40(44)41-38(37-48-49(45,46)47-36-35-42(3,4)5)39(43)33-31-29-27-15-13-11-9-7-2/h8,10,14,16,18-19,21-22,24-25,28,30-31,33,38-39,43H,6-7,9,11-13,15,17,20,23,26-27,29,32,34-37H2,1-5H3,(H-,41,44,45,46)/b10-8-,16-14-,19-18-,22-21-,25-24-,30-28-,33-31+. The smallest absolute Gasteiger partial charge is 0.268 e. The Morgan fingerprint density at radius 2 is 1.24 bits per heavy atom. The first-order chi connectivity index (χ1) is 23.5. The zero-order chi connectivity index (χ0) is 36.5. The van der Waals surface area contributed by atoms with Crippen molar-refractivity contribution in [1.82, 2.24) is 5.32 Å². The third-order valence-electron chi connectivity index (χ3n) is 7.37. The molecule has 3 unspecified atom stereocenters. The summed E-state index contributed by atoms with van der Waals surface area (Å²) >= 11 is 0. The van der Waals surface area contributed by atoms with Crippen LogP contribution in [0.2, 0.25) is 0 Å². The van der Waals surface area contributed by atoms with Gasteiger partial charge in [0.2, 0.25) is 5.91 Å². The number of allylic oxidation sites excluding steroid dienone is 13. The summed E-state index contributed by atoms with van der Waals surface area (Å²) in [5.41, 5.74) is 0. The van der Waals surface area contributed by atoms with Gasteiger partial charge in [-0.3, -0.25) is 9.36 Å². The van der Waals surface area contributed by atoms with Crippen LogP contribution in [0.5, 0.6) is 0 Å². The number of phosphoric ester groups is 1. The Bertz CT molecular complexity index is 1070. The van der Waals surface area contributed by atoms with Crippen LogP contribution in [0.15, 0.2) is 85.1 Å². The average Bonchev–Trinajstić information content (AvgIpc) is 3.04. The van der Waals surface area contributed by atoms with Crippen LogP contribution in [-0.4, -0.2) is 68.5 Å². The maximum atomic E-state index is 12.7. The summed E-state index contributed by atoms with van der Waals surface area (Å²) in [7, 11) is 1.19. The third kappa shape index (κ3) is 33.9. The van der Waals surface area contributed by atoms with Gasteiger partial charge in [0, 0.05) is 6.42 Å². The maximum Gasteiger partial charge on any atom is 0.268 e. The molecule has 0 aliphatic carbocycles. The minimum atomic E-state index is -4.60. The minimum Gasteiger partial charge on any atom is -0.756 e. The Balaban J connectivity index is 4.62. The van der Waals surface area contributed by atoms with Crippen LogP contribution in [0.3, 0.4) is 0 Å². The molecule has 0 heterocycles. The average molecular weight is 705 g/mol. The number of rotatable bonds is 31. The largest absolute Gasteiger partial charge is 0.756 e. The fourth-order valence-electron chi connectivity index (χ4n) is 4.41. The van der Waals surface area contributed by atoms with Crippen molar-refractivity contribution in [3.8, 4) is 0 Å². The predicted molar refractivity (Wildman–Crippen MR) is 205 cm³/mol. The molecule has 0 aromatic heterocycles. The SMILES string of the molecule is CC/C=C\C/C=C\C/C=C\C/C=C\C/C=C\C/C=C\CCC(=O)NC(COP(=O)([O-])OCC[N+](C)(C)C)C(O)/C=C/CCCCCCCC. The molecule has 0 rings (SSSR count). The van der Waals surface area contributed by atoms with Crippen molar-refractivity contribution in [3.63, 3.8) is 0 Å². The number of aliphatic hydroxyl groups excluding tert-OH is 1. The monoisotopic (exact) mass is 704 g/mol. The Hall–Kier alpha value is -2.32. The van der Waals surface area contributed by atoms with Gasteiger partial charge >= 0.3 is 0 Å². The van der Waals surface area contributed by atoms with E-state index in [9.17, 15) is 19.4 Å². The molecule has 0 radical (unpaired) electrons. The van der Waals surface area contributed by atoms with E-state index >= 15 is 0 Å². The van der Waals surface area contributed by atoms with Gasteiger partial charge in [0.1, 0.15) is 13.2 Å². The zero-order valence-corrected chi connectivity index (χ0v) is 32.2. The lowest BCUT2D eigenvalue weighted by atomic mass is 10.1. The quantitative estimate of drug-likeness (QED) is 0.0323. The van der Waals surface area contributed by atoms with Gasteiger partial charge in [0.25, 0.3) is 7.82 Å². The van der Waals surface area contributed by atoms with Gasteiger partial charge in [-0.25, -0.2) is 0 Å². The fourth-order valence-corrected chi connectivity index (χ4v) is 5.13. The number of unbranched alkanes of at least 4 members (excludes halogenated alkanes) is 6. The first-order valence-corrected chi connectivity index (χ1v) is 19.9. The molecule has 49 heavy (non-hydrogen) atoms. The van der Waals surface area contributed by atoms with E-state index in [1.165, 1.54) is 25.7 Å². The predicted octanol–water partition coefficient (Wildman–Crippen LogP) is 8.82. The number of nitrogens with one attached hydrogen (secondary N) is 1. The second kappa shape index (κ2) is 31.6. The molecule has 0 bridgehead atoms. The minimum absolute atomic E-state index is 0.0199. The number of amides is 1. The second-order valence-electron chi connectivity index (χ2n) is 13.2. The molecule has 0 aliphatic rings. The van der Waals surface area contributed by atoms with Crippen LogP contribution in [0.4, 0.5) is 0 Å². The maximum absolute atomic E-state index is 12.7. The lowest BCUT2D eigenvalue weighted by Gasteiger charge is -2.29. The van der Waals surface area contributed by atoms with Crippen LogP contribution in [0.25, 0.3) is 0 Å². The Kier molecular flexibility index (Phi) is 30.1. The van der Waals surface area contributed by atoms with Crippen molar-refractivity contribution in [2.75, 3.05) is 40.9 Å². The molecule has 0 saturated carbocycles. The van der Waals surface area contributed by atoms with Crippen LogP contribution < -0.4 is 10.2 Å². The van der Waals surface area contributed by atoms with Gasteiger partial charge in [0.15, 0.2) is 0 Å². The highest BCUT2D eigenvalue weighted by atomic mass is 31.2. The van der Waals surface area contributed by atoms with E-state index in [0.717, 1.165) is 57.8 Å². The van der Waals surface area contributed by atoms with Gasteiger partial charge in [-0.2, -0.15) is 0 Å². The molecular formula is C40H69N2O6P. The molecule has 0 aliphatic heterocycles. The highest BCUT2D eigenvalue weighted by Crippen LogP contribution is 2.38. The van der Waals surface area contributed by atoms with Crippen LogP contribution in [0, 0.1) is 0 Å². The van der Waals surface area contributed by atoms with E-state index in [1.807, 2.05) is 39.4 Å². The Morgan fingerprint density at radius 3 is 1.78 bits per heavy atom. The summed E-state index contributed by atoms with van der Waals surface area (Å²) in [5, 5.41) is 13.5. The highest BCUT2D eigenvalue weighted by molar-refractivity contribution is 7.45. The van der Waals surface area contributed by atoms with Crippen molar-refractivity contribution < 1.29 is 32.9 Å². The molecule has 0 aromatic rings. The number of carbonyl (C=O) groups is 1. The van der Waals surface area contributed by atoms with E-state index < -0.39 is 26.6 Å². The second-order valence-corrected chi connectivity index (χ2v) is 14.6. The number of quaternary nitrogens is 1. The number of carbonyl (C=O) groups excluding carboxylic acids is 1. The van der Waals surface area contributed by atoms with Crippen LogP contribution >= 0.6 is 7.82 Å². The number of phosphoric acid groups is 1. The molecule has 2 N–H and O–H groups in total. The third-order valence-corrected chi connectivity index (χ3v) is 8.34. The lowest BCUT2D eigenvalue weighted by molar-refractivity contribution is -0.870. The van der Waals surface area contributed by atoms with Gasteiger partial charge in [-0.05, 0) is 57.8 Å². The highest BCUT2D eigenvalue weighted by Gasteiger charge is 2.23. The van der Waals surface area contributed by atoms with Crippen LogP contribution in [-0.2, 0) is 18.4 Å². The molecule has 8 nitrogen and oxygen atoms in total. The van der Waals surface area contributed by atoms with Crippen LogP contribution in [0.1, 0.15) is 110 Å². The topological polar surface area (TPSA) is 108 Å². The summed E-state index contributed by atoms with van der Waals surface area (Å²) in [6.45, 7) is 4.38. The summed E-state index contributed by atoms with van der Waals surface area (Å²) < 4.78 is 23.0. The van der Waals surface area contributed by atoms with Crippen molar-refractivity contribution in [3.05, 3.63) is 85.1 Å². The lowest BCUT2D eigenvalue weighted by Crippen LogP contribution is -2.45. The first-order valence-electron chi connectivity index (χ1n) is 18.4. The van der Waals surface area contributed by atoms with E-state index in [4.69, 9.17) is 9.05 Å². The fraction of sp³-hybridized carbons (Fsp3) is 0.625. The summed E-state index contributed by atoms with van der Waals surface area (Å²) in [6, 6.07) is -0.928. The van der Waals surface area contributed by atoms with E-state index in [1.54, 1.807) is 6.08 Å². The molecule has 3 atom stereocenters. The van der Waals surface area contributed by atoms with Gasteiger partial charge in [-0.1, -0.05) is 131 Å². The summed E-state index contributed by atoms with van der Waals surface area (Å²) in [4.78, 5) is 25.0. The van der Waals surface area contributed by atoms with Crippen molar-refractivity contribution >= 4 is 13.7 Å². The number of hydrogen-bond acceptors (Lipinski definition) is 6. The molecule has 0 spiro atoms. The van der Waals surface area contributed by atoms with Crippen molar-refractivity contribution in [2.24, 2.45) is 0 Å². The Labute approximate surface area is 299 Å². The number of aliphatic hydroxyl groups is 1. The van der Waals surface area contributed by atoms with Crippen molar-refractivity contribution in [1.29, 1.82) is 0 Å². The normalized spacial score (nSPS) is 15.7. The summed E-state index contributed by atoms with van der Waals surface area (Å²) in [5.74, 6) is -0.289. The van der Waals surface area contributed by atoms with Crippen molar-refractivity contribution in [2.45, 2.75) is 122 Å². The molecule has 280 valence electrons. The van der Waals surface area contributed by atoms with Gasteiger partial charge in [0.05, 0.1) is 39.9 Å². The molecule has 0 aromatic carbocycles. The number of nitrogens with zero attached hydrogens (tertiary/aromatic N) is 1. The molecule has 1 amide bonds. The molecular weight excluding hydrogens is 635 g/mol. The van der Waals surface area contributed by atoms with E-state index in [2.05, 4.69) is 79.9 Å². The van der Waals surface area contributed by atoms with Gasteiger partial charge in [-0.15, -0.1) is 0 Å². The zero-order valence-electron chi connectivity index (χ0n) is 31.3. The molecule has 9 heteroatoms. The molecule has 0 saturated heterocycles. The number of likely N-dealkylation sites (N-methyl/N-ethyl adjacent to an activating group) is 1. The first kappa shape index (κ1) is 46.7. The number of hydrogen-bond donors (Lipinski definition) is 2. The van der Waals surface area contributed by atoms with Gasteiger partial charge < -0.3 is 28.8 Å². The van der Waals surface area contributed by atoms with E-state index in [0.29, 0.717) is 17.4 Å².